The molecule has 0 saturated carbocycles. The highest BCUT2D eigenvalue weighted by Gasteiger charge is 2.06. The van der Waals surface area contributed by atoms with Gasteiger partial charge in [-0.05, 0) is 18.4 Å². The summed E-state index contributed by atoms with van der Waals surface area (Å²) in [5.74, 6) is 1.36. The molecule has 0 aliphatic rings. The molecule has 14 heavy (non-hydrogen) atoms. The van der Waals surface area contributed by atoms with Crippen molar-refractivity contribution in [2.45, 2.75) is 0 Å². The van der Waals surface area contributed by atoms with Crippen LogP contribution in [-0.2, 0) is 0 Å². The summed E-state index contributed by atoms with van der Waals surface area (Å²) in [5, 5.41) is 0.482. The van der Waals surface area contributed by atoms with E-state index < -0.39 is 0 Å². The Balaban J connectivity index is 2.77. The molecule has 0 N–H and O–H groups in total. The van der Waals surface area contributed by atoms with Gasteiger partial charge in [-0.3, -0.25) is 4.79 Å². The van der Waals surface area contributed by atoms with E-state index in [1.165, 1.54) is 0 Å². The largest absolute Gasteiger partial charge is 0.490 e. The van der Waals surface area contributed by atoms with Crippen molar-refractivity contribution in [3.8, 4) is 5.75 Å². The van der Waals surface area contributed by atoms with Crippen LogP contribution < -0.4 is 4.74 Å². The van der Waals surface area contributed by atoms with Crippen LogP contribution in [0.3, 0.4) is 0 Å². The number of para-hydroxylation sites is 1. The lowest BCUT2D eigenvalue weighted by Crippen LogP contribution is -2.02. The van der Waals surface area contributed by atoms with Crippen LogP contribution in [0.5, 0.6) is 5.75 Å². The SMILES string of the molecule is CSCCOc1c(Cl)cccc1C=O. The Labute approximate surface area is 92.6 Å². The first-order valence-corrected chi connectivity index (χ1v) is 5.92. The molecule has 0 fully saturated rings. The molecule has 0 amide bonds. The fraction of sp³-hybridized carbons (Fsp3) is 0.300. The zero-order valence-electron chi connectivity index (χ0n) is 7.83. The second-order valence-corrected chi connectivity index (χ2v) is 4.01. The number of halogens is 1. The van der Waals surface area contributed by atoms with Gasteiger partial charge < -0.3 is 4.74 Å². The van der Waals surface area contributed by atoms with Crippen LogP contribution in [0.1, 0.15) is 10.4 Å². The van der Waals surface area contributed by atoms with Crippen molar-refractivity contribution in [2.24, 2.45) is 0 Å². The highest BCUT2D eigenvalue weighted by molar-refractivity contribution is 7.98. The van der Waals surface area contributed by atoms with Gasteiger partial charge in [0.1, 0.15) is 5.75 Å². The Morgan fingerprint density at radius 2 is 2.36 bits per heavy atom. The Bertz CT molecular complexity index is 315. The summed E-state index contributed by atoms with van der Waals surface area (Å²) < 4.78 is 5.42. The topological polar surface area (TPSA) is 26.3 Å². The first kappa shape index (κ1) is 11.4. The summed E-state index contributed by atoms with van der Waals surface area (Å²) in [6.07, 6.45) is 2.75. The lowest BCUT2D eigenvalue weighted by molar-refractivity contribution is 0.112. The van der Waals surface area contributed by atoms with E-state index >= 15 is 0 Å². The van der Waals surface area contributed by atoms with Crippen molar-refractivity contribution in [2.75, 3.05) is 18.6 Å². The van der Waals surface area contributed by atoms with Gasteiger partial charge in [-0.2, -0.15) is 11.8 Å². The molecule has 1 rings (SSSR count). The molecular weight excluding hydrogens is 220 g/mol. The molecule has 0 atom stereocenters. The van der Waals surface area contributed by atoms with Crippen LogP contribution in [0.2, 0.25) is 5.02 Å². The van der Waals surface area contributed by atoms with Crippen LogP contribution >= 0.6 is 23.4 Å². The number of ether oxygens (including phenoxy) is 1. The molecule has 0 bridgehead atoms. The van der Waals surface area contributed by atoms with Crippen molar-refractivity contribution in [3.63, 3.8) is 0 Å². The minimum atomic E-state index is 0.482. The molecule has 0 saturated heterocycles. The lowest BCUT2D eigenvalue weighted by atomic mass is 10.2. The molecule has 1 aromatic carbocycles. The van der Waals surface area contributed by atoms with Crippen LogP contribution in [0, 0.1) is 0 Å². The maximum Gasteiger partial charge on any atom is 0.153 e. The molecule has 0 unspecified atom stereocenters. The van der Waals surface area contributed by atoms with Gasteiger partial charge >= 0.3 is 0 Å². The fourth-order valence-electron chi connectivity index (χ4n) is 0.998. The van der Waals surface area contributed by atoms with Crippen LogP contribution in [-0.4, -0.2) is 24.9 Å². The van der Waals surface area contributed by atoms with E-state index in [1.807, 2.05) is 6.26 Å². The molecule has 0 aromatic heterocycles. The standard InChI is InChI=1S/C10H11ClO2S/c1-14-6-5-13-10-8(7-12)3-2-4-9(10)11/h2-4,7H,5-6H2,1H3. The molecule has 1 aromatic rings. The Hall–Kier alpha value is -0.670. The molecular formula is C10H11ClO2S. The minimum absolute atomic E-state index is 0.482. The van der Waals surface area contributed by atoms with E-state index in [1.54, 1.807) is 30.0 Å². The number of thioether (sulfide) groups is 1. The summed E-state index contributed by atoms with van der Waals surface area (Å²) >= 11 is 7.58. The number of rotatable bonds is 5. The zero-order valence-corrected chi connectivity index (χ0v) is 9.40. The first-order valence-electron chi connectivity index (χ1n) is 4.15. The predicted octanol–water partition coefficient (Wildman–Crippen LogP) is 2.89. The van der Waals surface area contributed by atoms with Gasteiger partial charge in [0.2, 0.25) is 0 Å². The number of aldehydes is 1. The van der Waals surface area contributed by atoms with Gasteiger partial charge in [0.05, 0.1) is 17.2 Å². The van der Waals surface area contributed by atoms with E-state index in [9.17, 15) is 4.79 Å². The average molecular weight is 231 g/mol. The summed E-state index contributed by atoms with van der Waals surface area (Å²) in [4.78, 5) is 10.7. The highest BCUT2D eigenvalue weighted by Crippen LogP contribution is 2.27. The lowest BCUT2D eigenvalue weighted by Gasteiger charge is -2.08. The van der Waals surface area contributed by atoms with Crippen molar-refractivity contribution >= 4 is 29.6 Å². The van der Waals surface area contributed by atoms with Crippen molar-refractivity contribution < 1.29 is 9.53 Å². The Kier molecular flexibility index (Phi) is 4.84. The van der Waals surface area contributed by atoms with Gasteiger partial charge in [0.25, 0.3) is 0 Å². The zero-order chi connectivity index (χ0) is 10.4. The number of benzene rings is 1. The van der Waals surface area contributed by atoms with E-state index in [0.29, 0.717) is 22.9 Å². The van der Waals surface area contributed by atoms with Crippen LogP contribution in [0.4, 0.5) is 0 Å². The van der Waals surface area contributed by atoms with Crippen molar-refractivity contribution in [1.29, 1.82) is 0 Å². The minimum Gasteiger partial charge on any atom is -0.490 e. The van der Waals surface area contributed by atoms with Crippen molar-refractivity contribution in [3.05, 3.63) is 28.8 Å². The first-order chi connectivity index (χ1) is 6.79. The monoisotopic (exact) mass is 230 g/mol. The highest BCUT2D eigenvalue weighted by atomic mass is 35.5. The summed E-state index contributed by atoms with van der Waals surface area (Å²) in [6, 6.07) is 5.13. The average Bonchev–Trinajstić information content (AvgIpc) is 2.20. The normalized spacial score (nSPS) is 9.86. The fourth-order valence-corrected chi connectivity index (χ4v) is 1.48. The Morgan fingerprint density at radius 3 is 3.00 bits per heavy atom. The van der Waals surface area contributed by atoms with Crippen molar-refractivity contribution in [1.82, 2.24) is 0 Å². The van der Waals surface area contributed by atoms with E-state index in [2.05, 4.69) is 0 Å². The molecule has 0 heterocycles. The number of hydrogen-bond donors (Lipinski definition) is 0. The van der Waals surface area contributed by atoms with E-state index in [4.69, 9.17) is 16.3 Å². The summed E-state index contributed by atoms with van der Waals surface area (Å²) in [6.45, 7) is 0.561. The molecule has 0 spiro atoms. The molecule has 76 valence electrons. The molecule has 2 nitrogen and oxygen atoms in total. The number of carbonyl (C=O) groups is 1. The van der Waals surface area contributed by atoms with Gasteiger partial charge in [0, 0.05) is 5.75 Å². The molecule has 0 aliphatic heterocycles. The third kappa shape index (κ3) is 2.93. The molecule has 0 radical (unpaired) electrons. The molecule has 4 heteroatoms. The maximum atomic E-state index is 10.7. The van der Waals surface area contributed by atoms with Gasteiger partial charge in [-0.15, -0.1) is 0 Å². The third-order valence-corrected chi connectivity index (χ3v) is 2.53. The summed E-state index contributed by atoms with van der Waals surface area (Å²) in [7, 11) is 0. The van der Waals surface area contributed by atoms with Gasteiger partial charge in [0.15, 0.2) is 6.29 Å². The third-order valence-electron chi connectivity index (χ3n) is 1.66. The number of hydrogen-bond acceptors (Lipinski definition) is 3. The quantitative estimate of drug-likeness (QED) is 0.575. The Morgan fingerprint density at radius 1 is 1.57 bits per heavy atom. The van der Waals surface area contributed by atoms with Crippen LogP contribution in [0.25, 0.3) is 0 Å². The number of carbonyl (C=O) groups excluding carboxylic acids is 1. The molecule has 0 aliphatic carbocycles. The van der Waals surface area contributed by atoms with Gasteiger partial charge in [-0.1, -0.05) is 17.7 Å². The summed E-state index contributed by atoms with van der Waals surface area (Å²) in [5.41, 5.74) is 0.499. The maximum absolute atomic E-state index is 10.7. The van der Waals surface area contributed by atoms with E-state index in [-0.39, 0.29) is 0 Å². The second-order valence-electron chi connectivity index (χ2n) is 2.62. The van der Waals surface area contributed by atoms with Gasteiger partial charge in [-0.25, -0.2) is 0 Å². The predicted molar refractivity (Wildman–Crippen MR) is 60.7 cm³/mol. The smallest absolute Gasteiger partial charge is 0.153 e. The second kappa shape index (κ2) is 5.94. The van der Waals surface area contributed by atoms with E-state index in [0.717, 1.165) is 12.0 Å². The van der Waals surface area contributed by atoms with Crippen LogP contribution in [0.15, 0.2) is 18.2 Å².